The Kier molecular flexibility index (Phi) is 17.7. The second-order valence-corrected chi connectivity index (χ2v) is 22.0. The molecular formula is C53H68F3N11O11. The van der Waals surface area contributed by atoms with E-state index in [0.717, 1.165) is 27.8 Å². The quantitative estimate of drug-likeness (QED) is 0.0941. The second kappa shape index (κ2) is 23.9. The molecule has 4 N–H and O–H groups in total. The van der Waals surface area contributed by atoms with Crippen molar-refractivity contribution in [2.24, 2.45) is 11.3 Å². The highest BCUT2D eigenvalue weighted by Crippen LogP contribution is 2.42. The fourth-order valence-corrected chi connectivity index (χ4v) is 9.78. The minimum atomic E-state index is -5.08. The molecule has 4 aliphatic heterocycles. The van der Waals surface area contributed by atoms with E-state index in [-0.39, 0.29) is 50.1 Å². The maximum absolute atomic E-state index is 15.0. The Morgan fingerprint density at radius 2 is 1.51 bits per heavy atom. The number of carboxylic acid groups (broad SMARTS) is 1. The number of hydrogen-bond donors (Lipinski definition) is 4. The topological polar surface area (TPSA) is 260 Å². The lowest BCUT2D eigenvalue weighted by Crippen LogP contribution is -2.60. The number of alkyl halides is 3. The third kappa shape index (κ3) is 14.8. The number of urea groups is 1. The van der Waals surface area contributed by atoms with Gasteiger partial charge in [0.1, 0.15) is 29.1 Å². The van der Waals surface area contributed by atoms with Gasteiger partial charge in [-0.3, -0.25) is 24.7 Å². The van der Waals surface area contributed by atoms with Crippen molar-refractivity contribution in [3.05, 3.63) is 77.9 Å². The predicted octanol–water partition coefficient (Wildman–Crippen LogP) is 6.36. The number of hydrogen-bond acceptors (Lipinski definition) is 14. The van der Waals surface area contributed by atoms with Gasteiger partial charge in [0.25, 0.3) is 0 Å². The highest BCUT2D eigenvalue weighted by Gasteiger charge is 2.46. The zero-order valence-electron chi connectivity index (χ0n) is 44.9. The van der Waals surface area contributed by atoms with Gasteiger partial charge in [-0.1, -0.05) is 6.07 Å². The van der Waals surface area contributed by atoms with Crippen molar-refractivity contribution in [2.75, 3.05) is 62.6 Å². The maximum Gasteiger partial charge on any atom is 0.490 e. The number of carbonyl (C=O) groups is 7. The zero-order chi connectivity index (χ0) is 56.7. The molecule has 22 nitrogen and oxygen atoms in total. The minimum absolute atomic E-state index is 0.00319. The van der Waals surface area contributed by atoms with Crippen LogP contribution in [0.5, 0.6) is 0 Å². The summed E-state index contributed by atoms with van der Waals surface area (Å²) < 4.78 is 50.4. The van der Waals surface area contributed by atoms with Gasteiger partial charge in [0.2, 0.25) is 11.8 Å². The summed E-state index contributed by atoms with van der Waals surface area (Å²) >= 11 is 0. The number of piperidine rings is 2. The number of likely N-dealkylation sites (tertiary alicyclic amines) is 2. The number of aliphatic carboxylic acids is 1. The smallest absolute Gasteiger partial charge is 0.475 e. The van der Waals surface area contributed by atoms with Crippen LogP contribution in [-0.4, -0.2) is 158 Å². The van der Waals surface area contributed by atoms with Crippen LogP contribution in [0.1, 0.15) is 90.3 Å². The highest BCUT2D eigenvalue weighted by molar-refractivity contribution is 5.93. The van der Waals surface area contributed by atoms with Crippen molar-refractivity contribution in [3.63, 3.8) is 0 Å². The first kappa shape index (κ1) is 58.0. The van der Waals surface area contributed by atoms with Crippen molar-refractivity contribution in [1.29, 1.82) is 0 Å². The van der Waals surface area contributed by atoms with Crippen molar-refractivity contribution < 1.29 is 66.1 Å². The van der Waals surface area contributed by atoms with Gasteiger partial charge < -0.3 is 49.6 Å². The third-order valence-electron chi connectivity index (χ3n) is 13.9. The van der Waals surface area contributed by atoms with Crippen LogP contribution >= 0.6 is 0 Å². The molecule has 4 aromatic rings. The number of piperazine rings is 1. The van der Waals surface area contributed by atoms with E-state index in [1.54, 1.807) is 71.0 Å². The number of anilines is 2. The number of aryl methyl sites for hydroxylation is 1. The van der Waals surface area contributed by atoms with Gasteiger partial charge in [-0.2, -0.15) is 18.3 Å². The number of halogens is 3. The van der Waals surface area contributed by atoms with E-state index in [1.807, 2.05) is 58.0 Å². The monoisotopic (exact) mass is 1090 g/mol. The minimum Gasteiger partial charge on any atom is -0.475 e. The average Bonchev–Trinajstić information content (AvgIpc) is 3.81. The summed E-state index contributed by atoms with van der Waals surface area (Å²) in [4.78, 5) is 107. The number of nitrogens with one attached hydrogen (secondary N) is 3. The Balaban J connectivity index is 0.00000118. The molecule has 3 fully saturated rings. The van der Waals surface area contributed by atoms with Crippen molar-refractivity contribution >= 4 is 64.4 Å². The van der Waals surface area contributed by atoms with Crippen molar-refractivity contribution in [3.8, 4) is 0 Å². The van der Waals surface area contributed by atoms with E-state index in [4.69, 9.17) is 24.1 Å². The molecule has 2 atom stereocenters. The molecule has 6 amide bonds. The summed E-state index contributed by atoms with van der Waals surface area (Å²) in [7, 11) is 0. The first-order chi connectivity index (χ1) is 36.7. The number of ether oxygens (including phenoxy) is 3. The molecular weight excluding hydrogens is 1020 g/mol. The van der Waals surface area contributed by atoms with E-state index < -0.39 is 58.9 Å². The SMILES string of the molecule is Cc1cc(C[C@@H](NC(=O)N2CCC3(CC2)OC(=O)Nc2ncccc23)C(=O)N[C@@H](CC2CCN(C(=O)OC(C)(C)C)CC2)C(=O)N2CCN(c3ccncc3)CC2)cc2cn(COC(=O)C(C)(C)C)nc12.O=C(O)C(F)(F)F. The third-order valence-corrected chi connectivity index (χ3v) is 13.9. The standard InChI is InChI=1S/C51H67N11O9.C2HF3O2/c1-33-27-35(28-36-31-62(57-41(33)36)32-69-45(65)49(2,3)4)30-39(55-46(66)60-21-14-51(15-22-60)38-9-8-16-53-42(38)56-47(67)70-51)43(63)54-40(29-34-12-19-61(20-13-34)48(68)71-50(5,6)7)44(64)59-25-23-58(24-26-59)37-10-17-52-18-11-37;3-2(4,5)1(6)7/h8-11,16-18,27-28,31,34,39-40H,12-15,19-26,29-30,32H2,1-7H3,(H,54,63)(H,55,66)(H,53,56,67);(H,6,7)/t39-,40+;/m1./s1. The highest BCUT2D eigenvalue weighted by atomic mass is 19.4. The van der Waals surface area contributed by atoms with Crippen LogP contribution in [0.3, 0.4) is 0 Å². The summed E-state index contributed by atoms with van der Waals surface area (Å²) in [5, 5.41) is 21.4. The van der Waals surface area contributed by atoms with Gasteiger partial charge >= 0.3 is 36.3 Å². The van der Waals surface area contributed by atoms with Crippen LogP contribution < -0.4 is 20.9 Å². The van der Waals surface area contributed by atoms with E-state index in [2.05, 4.69) is 35.9 Å². The van der Waals surface area contributed by atoms with Crippen LogP contribution in [0.25, 0.3) is 10.9 Å². The molecule has 25 heteroatoms. The lowest BCUT2D eigenvalue weighted by molar-refractivity contribution is -0.192. The Morgan fingerprint density at radius 1 is 0.859 bits per heavy atom. The summed E-state index contributed by atoms with van der Waals surface area (Å²) in [6.07, 6.45) is 3.03. The number of benzene rings is 1. The number of carboxylic acids is 1. The van der Waals surface area contributed by atoms with Gasteiger partial charge in [0, 0.05) is 113 Å². The molecule has 422 valence electrons. The van der Waals surface area contributed by atoms with Crippen molar-refractivity contribution in [1.82, 2.24) is 45.1 Å². The van der Waals surface area contributed by atoms with E-state index in [1.165, 1.54) is 0 Å². The lowest BCUT2D eigenvalue weighted by Gasteiger charge is -2.43. The van der Waals surface area contributed by atoms with E-state index >= 15 is 0 Å². The fourth-order valence-electron chi connectivity index (χ4n) is 9.78. The summed E-state index contributed by atoms with van der Waals surface area (Å²) in [5.74, 6) is -3.43. The first-order valence-corrected chi connectivity index (χ1v) is 25.8. The molecule has 78 heavy (non-hydrogen) atoms. The number of pyridine rings is 2. The molecule has 0 bridgehead atoms. The van der Waals surface area contributed by atoms with Crippen molar-refractivity contribution in [2.45, 2.75) is 123 Å². The number of fused-ring (bicyclic) bond motifs is 3. The average molecular weight is 1090 g/mol. The van der Waals surface area contributed by atoms with E-state index in [9.17, 15) is 41.9 Å². The molecule has 0 unspecified atom stereocenters. The van der Waals surface area contributed by atoms with Gasteiger partial charge in [-0.15, -0.1) is 0 Å². The second-order valence-electron chi connectivity index (χ2n) is 22.0. The molecule has 0 aliphatic carbocycles. The summed E-state index contributed by atoms with van der Waals surface area (Å²) in [5.41, 5.74) is 1.69. The lowest BCUT2D eigenvalue weighted by atomic mass is 9.83. The molecule has 0 radical (unpaired) electrons. The van der Waals surface area contributed by atoms with Gasteiger partial charge in [0.05, 0.1) is 10.9 Å². The number of esters is 1. The van der Waals surface area contributed by atoms with Crippen LogP contribution in [-0.2, 0) is 52.1 Å². The number of amides is 6. The molecule has 3 aromatic heterocycles. The van der Waals surface area contributed by atoms with Gasteiger partial charge in [-0.05, 0) is 115 Å². The number of nitrogens with zero attached hydrogens (tertiary/aromatic N) is 8. The Morgan fingerprint density at radius 3 is 2.13 bits per heavy atom. The molecule has 4 aliphatic rings. The predicted molar refractivity (Wildman–Crippen MR) is 277 cm³/mol. The fraction of sp³-hybridized carbons (Fsp3) is 0.547. The largest absolute Gasteiger partial charge is 0.490 e. The molecule has 3 saturated heterocycles. The normalized spacial score (nSPS) is 17.6. The number of rotatable bonds is 11. The zero-order valence-corrected chi connectivity index (χ0v) is 44.9. The molecule has 1 aromatic carbocycles. The van der Waals surface area contributed by atoms with Crippen LogP contribution in [0.15, 0.2) is 61.2 Å². The van der Waals surface area contributed by atoms with E-state index in [0.29, 0.717) is 82.7 Å². The number of carbonyl (C=O) groups excluding carboxylic acids is 6. The number of aromatic nitrogens is 4. The van der Waals surface area contributed by atoms with Crippen LogP contribution in [0, 0.1) is 18.3 Å². The van der Waals surface area contributed by atoms with Gasteiger partial charge in [-0.25, -0.2) is 28.8 Å². The molecule has 0 saturated carbocycles. The summed E-state index contributed by atoms with van der Waals surface area (Å²) in [6, 6.07) is 8.79. The van der Waals surface area contributed by atoms with Crippen LogP contribution in [0.4, 0.5) is 39.1 Å². The maximum atomic E-state index is 15.0. The first-order valence-electron chi connectivity index (χ1n) is 25.8. The summed E-state index contributed by atoms with van der Waals surface area (Å²) in [6.45, 7) is 16.1. The Labute approximate surface area is 449 Å². The Bertz CT molecular complexity index is 2830. The Hall–Kier alpha value is -7.73. The van der Waals surface area contributed by atoms with Crippen LogP contribution in [0.2, 0.25) is 0 Å². The van der Waals surface area contributed by atoms with Gasteiger partial charge in [0.15, 0.2) is 6.73 Å². The molecule has 7 heterocycles. The molecule has 1 spiro atoms. The molecule has 8 rings (SSSR count).